The van der Waals surface area contributed by atoms with Gasteiger partial charge in [-0.05, 0) is 35.9 Å². The molecule has 0 saturated carbocycles. The Labute approximate surface area is 128 Å². The van der Waals surface area contributed by atoms with E-state index in [0.717, 1.165) is 21.2 Å². The summed E-state index contributed by atoms with van der Waals surface area (Å²) in [4.78, 5) is 3.99. The third kappa shape index (κ3) is 2.30. The fraction of sp³-hybridized carbons (Fsp3) is 0. The van der Waals surface area contributed by atoms with Crippen LogP contribution in [0.2, 0.25) is 5.02 Å². The topological polar surface area (TPSA) is 64.9 Å². The van der Waals surface area contributed by atoms with E-state index >= 15 is 0 Å². The summed E-state index contributed by atoms with van der Waals surface area (Å²) in [7, 11) is 0. The van der Waals surface area contributed by atoms with Crippen molar-refractivity contribution in [2.24, 2.45) is 0 Å². The Balaban J connectivity index is 2.21. The van der Waals surface area contributed by atoms with Gasteiger partial charge in [0.2, 0.25) is 0 Å². The maximum Gasteiger partial charge on any atom is 0.178 e. The normalized spacial score (nSPS) is 10.7. The molecule has 0 saturated heterocycles. The highest BCUT2D eigenvalue weighted by Crippen LogP contribution is 2.39. The number of pyridine rings is 1. The lowest BCUT2D eigenvalue weighted by atomic mass is 10.0. The van der Waals surface area contributed by atoms with Crippen LogP contribution in [0, 0.1) is 0 Å². The molecule has 0 aliphatic heterocycles. The van der Waals surface area contributed by atoms with Gasteiger partial charge in [0.25, 0.3) is 0 Å². The van der Waals surface area contributed by atoms with Crippen molar-refractivity contribution in [2.45, 2.75) is 0 Å². The molecule has 0 aliphatic rings. The smallest absolute Gasteiger partial charge is 0.178 e. The van der Waals surface area contributed by atoms with Crippen LogP contribution in [0.3, 0.4) is 0 Å². The molecule has 1 aromatic carbocycles. The zero-order valence-electron chi connectivity index (χ0n) is 10.2. The molecule has 0 fully saturated rings. The van der Waals surface area contributed by atoms with Crippen molar-refractivity contribution in [1.82, 2.24) is 10.1 Å². The summed E-state index contributed by atoms with van der Waals surface area (Å²) in [5.41, 5.74) is 8.26. The SMILES string of the molecule is Nc1noc(-c2ccc(Br)cc2Cl)c1-c1ccncc1. The molecule has 4 nitrogen and oxygen atoms in total. The van der Waals surface area contributed by atoms with E-state index < -0.39 is 0 Å². The summed E-state index contributed by atoms with van der Waals surface area (Å²) < 4.78 is 6.25. The first-order valence-electron chi connectivity index (χ1n) is 5.78. The highest BCUT2D eigenvalue weighted by atomic mass is 79.9. The van der Waals surface area contributed by atoms with E-state index in [-0.39, 0.29) is 0 Å². The molecule has 0 unspecified atom stereocenters. The number of aromatic nitrogens is 2. The molecule has 0 spiro atoms. The third-order valence-electron chi connectivity index (χ3n) is 2.86. The van der Waals surface area contributed by atoms with Gasteiger partial charge in [0.15, 0.2) is 11.6 Å². The zero-order chi connectivity index (χ0) is 14.1. The predicted molar refractivity (Wildman–Crippen MR) is 82.3 cm³/mol. The number of nitrogens with zero attached hydrogens (tertiary/aromatic N) is 2. The van der Waals surface area contributed by atoms with E-state index in [9.17, 15) is 0 Å². The molecule has 3 aromatic rings. The van der Waals surface area contributed by atoms with Gasteiger partial charge in [0.05, 0.1) is 10.6 Å². The van der Waals surface area contributed by atoms with Gasteiger partial charge in [-0.3, -0.25) is 4.98 Å². The van der Waals surface area contributed by atoms with Crippen molar-refractivity contribution in [2.75, 3.05) is 5.73 Å². The maximum absolute atomic E-state index is 6.26. The van der Waals surface area contributed by atoms with Crippen molar-refractivity contribution in [3.05, 3.63) is 52.2 Å². The summed E-state index contributed by atoms with van der Waals surface area (Å²) in [6.45, 7) is 0. The summed E-state index contributed by atoms with van der Waals surface area (Å²) in [5, 5.41) is 4.41. The van der Waals surface area contributed by atoms with E-state index in [1.807, 2.05) is 24.3 Å². The Kier molecular flexibility index (Phi) is 3.46. The standard InChI is InChI=1S/C14H9BrClN3O/c15-9-1-2-10(11(16)7-9)13-12(14(17)19-20-13)8-3-5-18-6-4-8/h1-7H,(H2,17,19). The molecule has 2 aromatic heterocycles. The molecule has 0 radical (unpaired) electrons. The van der Waals surface area contributed by atoms with E-state index in [2.05, 4.69) is 26.1 Å². The monoisotopic (exact) mass is 349 g/mol. The van der Waals surface area contributed by atoms with Crippen LogP contribution in [-0.4, -0.2) is 10.1 Å². The molecule has 6 heteroatoms. The number of nitrogen functional groups attached to an aromatic ring is 1. The second kappa shape index (κ2) is 5.26. The number of nitrogens with two attached hydrogens (primary N) is 1. The number of hydrogen-bond acceptors (Lipinski definition) is 4. The van der Waals surface area contributed by atoms with Crippen LogP contribution < -0.4 is 5.73 Å². The molecule has 2 N–H and O–H groups in total. The van der Waals surface area contributed by atoms with Crippen molar-refractivity contribution in [3.8, 4) is 22.5 Å². The van der Waals surface area contributed by atoms with Crippen LogP contribution in [0.5, 0.6) is 0 Å². The van der Waals surface area contributed by atoms with Crippen LogP contribution in [0.15, 0.2) is 51.7 Å². The second-order valence-corrected chi connectivity index (χ2v) is 5.45. The van der Waals surface area contributed by atoms with Gasteiger partial charge in [0, 0.05) is 22.4 Å². The quantitative estimate of drug-likeness (QED) is 0.744. The number of anilines is 1. The highest BCUT2D eigenvalue weighted by molar-refractivity contribution is 9.10. The van der Waals surface area contributed by atoms with Crippen molar-refractivity contribution in [1.29, 1.82) is 0 Å². The summed E-state index contributed by atoms with van der Waals surface area (Å²) >= 11 is 9.64. The molecule has 2 heterocycles. The highest BCUT2D eigenvalue weighted by Gasteiger charge is 2.19. The van der Waals surface area contributed by atoms with Gasteiger partial charge in [-0.1, -0.05) is 32.7 Å². The van der Waals surface area contributed by atoms with Gasteiger partial charge in [-0.25, -0.2) is 0 Å². The number of hydrogen-bond donors (Lipinski definition) is 1. The minimum absolute atomic E-state index is 0.324. The first kappa shape index (κ1) is 13.1. The van der Waals surface area contributed by atoms with E-state index in [1.54, 1.807) is 18.5 Å². The van der Waals surface area contributed by atoms with Crippen molar-refractivity contribution >= 4 is 33.3 Å². The Morgan fingerprint density at radius 1 is 1.15 bits per heavy atom. The molecular weight excluding hydrogens is 342 g/mol. The van der Waals surface area contributed by atoms with Gasteiger partial charge in [0.1, 0.15) is 0 Å². The minimum atomic E-state index is 0.324. The van der Waals surface area contributed by atoms with E-state index in [1.165, 1.54) is 0 Å². The number of halogens is 2. The molecule has 0 amide bonds. The first-order chi connectivity index (χ1) is 9.66. The summed E-state index contributed by atoms with van der Waals surface area (Å²) in [6, 6.07) is 9.23. The fourth-order valence-electron chi connectivity index (χ4n) is 1.96. The molecule has 3 rings (SSSR count). The lowest BCUT2D eigenvalue weighted by molar-refractivity contribution is 0.436. The molecule has 0 aliphatic carbocycles. The molecular formula is C14H9BrClN3O. The molecule has 20 heavy (non-hydrogen) atoms. The Morgan fingerprint density at radius 3 is 2.60 bits per heavy atom. The predicted octanol–water partition coefficient (Wildman–Crippen LogP) is 4.40. The fourth-order valence-corrected chi connectivity index (χ4v) is 2.72. The number of benzene rings is 1. The average molecular weight is 351 g/mol. The largest absolute Gasteiger partial charge is 0.380 e. The van der Waals surface area contributed by atoms with Crippen LogP contribution in [-0.2, 0) is 0 Å². The van der Waals surface area contributed by atoms with Gasteiger partial charge < -0.3 is 10.3 Å². The van der Waals surface area contributed by atoms with E-state index in [4.69, 9.17) is 21.9 Å². The first-order valence-corrected chi connectivity index (χ1v) is 6.95. The Morgan fingerprint density at radius 2 is 1.90 bits per heavy atom. The van der Waals surface area contributed by atoms with Crippen LogP contribution in [0.25, 0.3) is 22.5 Å². The lowest BCUT2D eigenvalue weighted by Crippen LogP contribution is -1.89. The summed E-state index contributed by atoms with van der Waals surface area (Å²) in [5.74, 6) is 0.872. The van der Waals surface area contributed by atoms with Crippen LogP contribution in [0.1, 0.15) is 0 Å². The number of rotatable bonds is 2. The van der Waals surface area contributed by atoms with Crippen LogP contribution in [0.4, 0.5) is 5.82 Å². The minimum Gasteiger partial charge on any atom is -0.380 e. The van der Waals surface area contributed by atoms with Gasteiger partial charge >= 0.3 is 0 Å². The van der Waals surface area contributed by atoms with Crippen molar-refractivity contribution < 1.29 is 4.52 Å². The third-order valence-corrected chi connectivity index (χ3v) is 3.67. The Hall–Kier alpha value is -1.85. The van der Waals surface area contributed by atoms with Gasteiger partial charge in [-0.15, -0.1) is 0 Å². The van der Waals surface area contributed by atoms with E-state index in [0.29, 0.717) is 16.6 Å². The summed E-state index contributed by atoms with van der Waals surface area (Å²) in [6.07, 6.45) is 3.38. The molecule has 0 bridgehead atoms. The second-order valence-electron chi connectivity index (χ2n) is 4.13. The van der Waals surface area contributed by atoms with Crippen LogP contribution >= 0.6 is 27.5 Å². The Bertz CT molecular complexity index is 758. The molecule has 0 atom stereocenters. The average Bonchev–Trinajstić information content (AvgIpc) is 2.81. The zero-order valence-corrected chi connectivity index (χ0v) is 12.5. The van der Waals surface area contributed by atoms with Gasteiger partial charge in [-0.2, -0.15) is 0 Å². The van der Waals surface area contributed by atoms with Crippen molar-refractivity contribution in [3.63, 3.8) is 0 Å². The maximum atomic E-state index is 6.26. The lowest BCUT2D eigenvalue weighted by Gasteiger charge is -2.04. The molecule has 100 valence electrons.